The highest BCUT2D eigenvalue weighted by Crippen LogP contribution is 2.41. The molecule has 1 aromatic carbocycles. The number of rotatable bonds is 2. The molecule has 0 saturated carbocycles. The van der Waals surface area contributed by atoms with Crippen LogP contribution in [0.4, 0.5) is 0 Å². The van der Waals surface area contributed by atoms with Crippen LogP contribution in [0.25, 0.3) is 0 Å². The molecule has 2 heterocycles. The monoisotopic (exact) mass is 324 g/mol. The highest BCUT2D eigenvalue weighted by atomic mass is 35.5. The molecular formula is C17H21ClO2S. The SMILES string of the molecule is Cc1c(Cl)cccc1C(=O)C1CCOC2(CCSCC2)C1. The van der Waals surface area contributed by atoms with Crippen molar-refractivity contribution in [2.45, 2.75) is 38.2 Å². The Morgan fingerprint density at radius 2 is 2.14 bits per heavy atom. The molecule has 2 aliphatic heterocycles. The average Bonchev–Trinajstić information content (AvgIpc) is 2.50. The van der Waals surface area contributed by atoms with E-state index in [0.29, 0.717) is 11.6 Å². The number of benzene rings is 1. The summed E-state index contributed by atoms with van der Waals surface area (Å²) in [5.41, 5.74) is 1.65. The van der Waals surface area contributed by atoms with E-state index < -0.39 is 0 Å². The smallest absolute Gasteiger partial charge is 0.166 e. The number of carbonyl (C=O) groups excluding carboxylic acids is 1. The Balaban J connectivity index is 1.79. The van der Waals surface area contributed by atoms with Crippen LogP contribution in [0, 0.1) is 12.8 Å². The van der Waals surface area contributed by atoms with Crippen molar-refractivity contribution in [2.24, 2.45) is 5.92 Å². The standard InChI is InChI=1S/C17H21ClO2S/c1-12-14(3-2-4-15(12)18)16(19)13-5-8-20-17(11-13)6-9-21-10-7-17/h2-4,13H,5-11H2,1H3. The van der Waals surface area contributed by atoms with Crippen molar-refractivity contribution in [3.8, 4) is 0 Å². The van der Waals surface area contributed by atoms with E-state index >= 15 is 0 Å². The highest BCUT2D eigenvalue weighted by Gasteiger charge is 2.41. The maximum Gasteiger partial charge on any atom is 0.166 e. The minimum atomic E-state index is -0.0453. The number of Topliss-reactive ketones (excluding diaryl/α,β-unsaturated/α-hetero) is 1. The summed E-state index contributed by atoms with van der Waals surface area (Å²) < 4.78 is 6.09. The second-order valence-corrected chi connectivity index (χ2v) is 7.74. The molecule has 2 fully saturated rings. The van der Waals surface area contributed by atoms with Crippen LogP contribution in [0.1, 0.15) is 41.6 Å². The first-order valence-corrected chi connectivity index (χ1v) is 9.16. The number of thioether (sulfide) groups is 1. The van der Waals surface area contributed by atoms with Gasteiger partial charge in [0.1, 0.15) is 0 Å². The molecule has 2 aliphatic rings. The fourth-order valence-corrected chi connectivity index (χ4v) is 4.85. The molecule has 2 nitrogen and oxygen atoms in total. The number of hydrogen-bond acceptors (Lipinski definition) is 3. The van der Waals surface area contributed by atoms with Crippen molar-refractivity contribution in [3.63, 3.8) is 0 Å². The van der Waals surface area contributed by atoms with Crippen LogP contribution < -0.4 is 0 Å². The predicted molar refractivity (Wildman–Crippen MR) is 88.5 cm³/mol. The zero-order chi connectivity index (χ0) is 14.9. The lowest BCUT2D eigenvalue weighted by atomic mass is 9.78. The van der Waals surface area contributed by atoms with Crippen molar-refractivity contribution >= 4 is 29.1 Å². The molecule has 0 aromatic heterocycles. The summed E-state index contributed by atoms with van der Waals surface area (Å²) in [5.74, 6) is 2.63. The van der Waals surface area contributed by atoms with Crippen LogP contribution in [-0.4, -0.2) is 29.5 Å². The number of carbonyl (C=O) groups is 1. The number of halogens is 1. The van der Waals surface area contributed by atoms with Crippen molar-refractivity contribution in [1.82, 2.24) is 0 Å². The van der Waals surface area contributed by atoms with Gasteiger partial charge in [-0.2, -0.15) is 11.8 Å². The van der Waals surface area contributed by atoms with Gasteiger partial charge in [0.05, 0.1) is 5.60 Å². The van der Waals surface area contributed by atoms with E-state index in [9.17, 15) is 4.79 Å². The van der Waals surface area contributed by atoms with Crippen molar-refractivity contribution in [2.75, 3.05) is 18.1 Å². The topological polar surface area (TPSA) is 26.3 Å². The van der Waals surface area contributed by atoms with E-state index in [0.717, 1.165) is 48.3 Å². The zero-order valence-electron chi connectivity index (χ0n) is 12.4. The Morgan fingerprint density at radius 1 is 1.38 bits per heavy atom. The van der Waals surface area contributed by atoms with E-state index in [2.05, 4.69) is 0 Å². The van der Waals surface area contributed by atoms with Crippen LogP contribution >= 0.6 is 23.4 Å². The van der Waals surface area contributed by atoms with E-state index in [1.165, 1.54) is 0 Å². The molecule has 0 amide bonds. The molecule has 2 saturated heterocycles. The summed E-state index contributed by atoms with van der Waals surface area (Å²) in [6.45, 7) is 2.64. The van der Waals surface area contributed by atoms with Crippen molar-refractivity contribution in [1.29, 1.82) is 0 Å². The molecule has 0 aliphatic carbocycles. The maximum absolute atomic E-state index is 12.9. The third-order valence-corrected chi connectivity index (χ3v) is 6.20. The molecule has 1 unspecified atom stereocenters. The largest absolute Gasteiger partial charge is 0.375 e. The van der Waals surface area contributed by atoms with Gasteiger partial charge in [-0.15, -0.1) is 0 Å². The number of ether oxygens (including phenoxy) is 1. The molecule has 1 aromatic rings. The highest BCUT2D eigenvalue weighted by molar-refractivity contribution is 7.99. The minimum Gasteiger partial charge on any atom is -0.375 e. The summed E-state index contributed by atoms with van der Waals surface area (Å²) in [7, 11) is 0. The molecule has 114 valence electrons. The fraction of sp³-hybridized carbons (Fsp3) is 0.588. The third-order valence-electron chi connectivity index (χ3n) is 4.80. The Labute approximate surface area is 135 Å². The lowest BCUT2D eigenvalue weighted by Gasteiger charge is -2.43. The van der Waals surface area contributed by atoms with Gasteiger partial charge in [0.25, 0.3) is 0 Å². The van der Waals surface area contributed by atoms with Gasteiger partial charge < -0.3 is 4.74 Å². The first-order chi connectivity index (χ1) is 10.1. The molecule has 0 N–H and O–H groups in total. The van der Waals surface area contributed by atoms with E-state index in [1.807, 2.05) is 36.9 Å². The minimum absolute atomic E-state index is 0.0453. The van der Waals surface area contributed by atoms with Gasteiger partial charge in [-0.3, -0.25) is 4.79 Å². The van der Waals surface area contributed by atoms with Gasteiger partial charge in [0.2, 0.25) is 0 Å². The second-order valence-electron chi connectivity index (χ2n) is 6.11. The van der Waals surface area contributed by atoms with E-state index in [4.69, 9.17) is 16.3 Å². The van der Waals surface area contributed by atoms with Crippen LogP contribution in [-0.2, 0) is 4.74 Å². The first kappa shape index (κ1) is 15.4. The van der Waals surface area contributed by atoms with Gasteiger partial charge in [-0.1, -0.05) is 23.7 Å². The Hall–Kier alpha value is -0.510. The normalized spacial score (nSPS) is 25.0. The number of hydrogen-bond donors (Lipinski definition) is 0. The molecule has 0 radical (unpaired) electrons. The van der Waals surface area contributed by atoms with Crippen LogP contribution in [0.5, 0.6) is 0 Å². The van der Waals surface area contributed by atoms with Gasteiger partial charge in [-0.05, 0) is 55.7 Å². The Kier molecular flexibility index (Phi) is 4.63. The lowest BCUT2D eigenvalue weighted by molar-refractivity contribution is -0.0959. The Bertz CT molecular complexity index is 532. The van der Waals surface area contributed by atoms with Gasteiger partial charge >= 0.3 is 0 Å². The lowest BCUT2D eigenvalue weighted by Crippen LogP contribution is -2.44. The molecule has 0 bridgehead atoms. The molecule has 1 atom stereocenters. The summed E-state index contributed by atoms with van der Waals surface area (Å²) in [6.07, 6.45) is 3.87. The van der Waals surface area contributed by atoms with Crippen LogP contribution in [0.15, 0.2) is 18.2 Å². The molecule has 4 heteroatoms. The molecule has 1 spiro atoms. The van der Waals surface area contributed by atoms with Crippen molar-refractivity contribution in [3.05, 3.63) is 34.3 Å². The summed E-state index contributed by atoms with van der Waals surface area (Å²) >= 11 is 8.15. The summed E-state index contributed by atoms with van der Waals surface area (Å²) in [5, 5.41) is 0.677. The molecular weight excluding hydrogens is 304 g/mol. The van der Waals surface area contributed by atoms with E-state index in [1.54, 1.807) is 0 Å². The molecule has 3 rings (SSSR count). The van der Waals surface area contributed by atoms with Crippen molar-refractivity contribution < 1.29 is 9.53 Å². The number of ketones is 1. The average molecular weight is 325 g/mol. The summed E-state index contributed by atoms with van der Waals surface area (Å²) in [6, 6.07) is 5.62. The third kappa shape index (κ3) is 3.15. The van der Waals surface area contributed by atoms with Gasteiger partial charge in [0, 0.05) is 23.1 Å². The molecule has 21 heavy (non-hydrogen) atoms. The van der Waals surface area contributed by atoms with Crippen LogP contribution in [0.3, 0.4) is 0 Å². The zero-order valence-corrected chi connectivity index (χ0v) is 13.9. The van der Waals surface area contributed by atoms with Gasteiger partial charge in [0.15, 0.2) is 5.78 Å². The maximum atomic E-state index is 12.9. The summed E-state index contributed by atoms with van der Waals surface area (Å²) in [4.78, 5) is 12.9. The quantitative estimate of drug-likeness (QED) is 0.748. The Morgan fingerprint density at radius 3 is 2.90 bits per heavy atom. The second kappa shape index (κ2) is 6.31. The predicted octanol–water partition coefficient (Wildman–Crippen LogP) is 4.52. The van der Waals surface area contributed by atoms with Crippen LogP contribution in [0.2, 0.25) is 5.02 Å². The van der Waals surface area contributed by atoms with Gasteiger partial charge in [-0.25, -0.2) is 0 Å². The van der Waals surface area contributed by atoms with E-state index in [-0.39, 0.29) is 17.3 Å². The first-order valence-electron chi connectivity index (χ1n) is 7.62. The fourth-order valence-electron chi connectivity index (χ4n) is 3.44.